The van der Waals surface area contributed by atoms with E-state index in [-0.39, 0.29) is 6.10 Å². The molecule has 1 aliphatic carbocycles. The van der Waals surface area contributed by atoms with E-state index in [0.717, 1.165) is 24.7 Å². The van der Waals surface area contributed by atoms with Crippen molar-refractivity contribution in [3.05, 3.63) is 24.3 Å². The maximum atomic E-state index is 12.2. The largest absolute Gasteiger partial charge is 0.516 e. The summed E-state index contributed by atoms with van der Waals surface area (Å²) in [6.07, 6.45) is 22.3. The summed E-state index contributed by atoms with van der Waals surface area (Å²) in [5.74, 6) is 2.63. The first-order valence-electron chi connectivity index (χ1n) is 15.5. The van der Waals surface area contributed by atoms with E-state index in [1.165, 1.54) is 109 Å². The zero-order valence-corrected chi connectivity index (χ0v) is 23.6. The number of rotatable bonds is 19. The van der Waals surface area contributed by atoms with Gasteiger partial charge in [0.05, 0.1) is 6.61 Å². The highest BCUT2D eigenvalue weighted by Gasteiger charge is 2.49. The minimum atomic E-state index is -0.695. The van der Waals surface area contributed by atoms with E-state index in [1.54, 1.807) is 12.1 Å². The quantitative estimate of drug-likeness (QED) is 0.0793. The normalized spacial score (nSPS) is 23.0. The molecule has 0 amide bonds. The second-order valence-electron chi connectivity index (χ2n) is 11.2. The molecule has 1 aliphatic heterocycles. The van der Waals surface area contributed by atoms with Crippen molar-refractivity contribution in [2.45, 2.75) is 142 Å². The molecule has 1 saturated carbocycles. The van der Waals surface area contributed by atoms with Gasteiger partial charge in [0, 0.05) is 0 Å². The van der Waals surface area contributed by atoms with Crippen LogP contribution in [0.15, 0.2) is 24.3 Å². The zero-order valence-electron chi connectivity index (χ0n) is 23.6. The average molecular weight is 517 g/mol. The number of unbranched alkanes of at least 4 members (excludes halogenated alkanes) is 11. The van der Waals surface area contributed by atoms with Gasteiger partial charge in [0.1, 0.15) is 17.6 Å². The summed E-state index contributed by atoms with van der Waals surface area (Å²) in [6.45, 7) is 5.25. The van der Waals surface area contributed by atoms with Gasteiger partial charge in [-0.1, -0.05) is 110 Å². The summed E-state index contributed by atoms with van der Waals surface area (Å²) in [4.78, 5) is 12.2. The molecule has 1 aromatic rings. The number of hydrogen-bond donors (Lipinski definition) is 0. The second kappa shape index (κ2) is 17.7. The first kappa shape index (κ1) is 29.8. The number of carbonyl (C=O) groups excluding carboxylic acids is 1. The molecule has 3 rings (SSSR count). The molecule has 2 fully saturated rings. The van der Waals surface area contributed by atoms with Crippen LogP contribution in [0.1, 0.15) is 129 Å². The van der Waals surface area contributed by atoms with Crippen molar-refractivity contribution in [2.75, 3.05) is 6.61 Å². The molecule has 1 saturated heterocycles. The molecule has 37 heavy (non-hydrogen) atoms. The molecule has 5 heteroatoms. The van der Waals surface area contributed by atoms with Crippen LogP contribution in [0.25, 0.3) is 0 Å². The Morgan fingerprint density at radius 2 is 1.32 bits per heavy atom. The second-order valence-corrected chi connectivity index (χ2v) is 11.2. The van der Waals surface area contributed by atoms with Gasteiger partial charge in [-0.05, 0) is 55.4 Å². The molecule has 0 spiro atoms. The summed E-state index contributed by atoms with van der Waals surface area (Å²) in [5, 5.41) is 0. The molecule has 210 valence electrons. The predicted molar refractivity (Wildman–Crippen MR) is 149 cm³/mol. The molecule has 0 unspecified atom stereocenters. The van der Waals surface area contributed by atoms with E-state index in [9.17, 15) is 4.79 Å². The van der Waals surface area contributed by atoms with Gasteiger partial charge in [0.15, 0.2) is 0 Å². The molecule has 0 aromatic heterocycles. The van der Waals surface area contributed by atoms with E-state index in [1.807, 2.05) is 12.1 Å². The van der Waals surface area contributed by atoms with Crippen molar-refractivity contribution in [3.8, 4) is 11.5 Å². The molecule has 1 aromatic carbocycles. The van der Waals surface area contributed by atoms with Gasteiger partial charge in [-0.15, -0.1) is 0 Å². The molecule has 0 bridgehead atoms. The Morgan fingerprint density at radius 1 is 0.757 bits per heavy atom. The number of carbonyl (C=O) groups is 1. The van der Waals surface area contributed by atoms with Gasteiger partial charge in [-0.25, -0.2) is 4.79 Å². The number of epoxide rings is 1. The number of ether oxygens (including phenoxy) is 4. The molecule has 2 atom stereocenters. The summed E-state index contributed by atoms with van der Waals surface area (Å²) < 4.78 is 22.3. The topological polar surface area (TPSA) is 57.3 Å². The van der Waals surface area contributed by atoms with E-state index in [0.29, 0.717) is 11.7 Å². The monoisotopic (exact) mass is 516 g/mol. The molecule has 2 aliphatic rings. The van der Waals surface area contributed by atoms with Gasteiger partial charge >= 0.3 is 6.16 Å². The average Bonchev–Trinajstić information content (AvgIpc) is 3.67. The van der Waals surface area contributed by atoms with Crippen molar-refractivity contribution in [3.63, 3.8) is 0 Å². The Labute approximate surface area is 226 Å². The van der Waals surface area contributed by atoms with E-state index in [4.69, 9.17) is 18.9 Å². The molecule has 5 nitrogen and oxygen atoms in total. The van der Waals surface area contributed by atoms with Crippen LogP contribution in [-0.2, 0) is 9.47 Å². The lowest BCUT2D eigenvalue weighted by molar-refractivity contribution is 0.0561. The maximum Gasteiger partial charge on any atom is 0.516 e. The first-order valence-corrected chi connectivity index (χ1v) is 15.5. The van der Waals surface area contributed by atoms with Crippen LogP contribution in [-0.4, -0.2) is 25.2 Å². The Morgan fingerprint density at radius 3 is 1.97 bits per heavy atom. The lowest BCUT2D eigenvalue weighted by Crippen LogP contribution is -2.22. The molecule has 0 N–H and O–H groups in total. The Hall–Kier alpha value is -1.75. The lowest BCUT2D eigenvalue weighted by Gasteiger charge is -2.27. The predicted octanol–water partition coefficient (Wildman–Crippen LogP) is 9.61. The van der Waals surface area contributed by atoms with Crippen molar-refractivity contribution in [1.82, 2.24) is 0 Å². The first-order chi connectivity index (χ1) is 18.2. The van der Waals surface area contributed by atoms with E-state index >= 15 is 0 Å². The van der Waals surface area contributed by atoms with Gasteiger partial charge in [-0.2, -0.15) is 0 Å². The standard InChI is InChI=1S/C32H52O5/c1-3-5-7-8-9-10-11-12-13-15-25-34-28-21-23-29(24-22-28)35-32(33)37-31-30(36-31)27-19-17-26(18-20-27)16-14-6-4-2/h21-24,26-27,30-31H,3-20,25H2,1-2H3/t26?,27?,30-,31+/m0/s1. The van der Waals surface area contributed by atoms with E-state index < -0.39 is 12.4 Å². The highest BCUT2D eigenvalue weighted by Crippen LogP contribution is 2.41. The minimum absolute atomic E-state index is 0.0470. The van der Waals surface area contributed by atoms with Crippen LogP contribution < -0.4 is 9.47 Å². The van der Waals surface area contributed by atoms with Crippen LogP contribution in [0.5, 0.6) is 11.5 Å². The fraction of sp³-hybridized carbons (Fsp3) is 0.781. The highest BCUT2D eigenvalue weighted by molar-refractivity contribution is 5.64. The van der Waals surface area contributed by atoms with Crippen LogP contribution in [0.3, 0.4) is 0 Å². The summed E-state index contributed by atoms with van der Waals surface area (Å²) in [5.41, 5.74) is 0. The van der Waals surface area contributed by atoms with Gasteiger partial charge in [0.2, 0.25) is 6.29 Å². The van der Waals surface area contributed by atoms with Gasteiger partial charge in [0.25, 0.3) is 0 Å². The smallest absolute Gasteiger partial charge is 0.494 e. The van der Waals surface area contributed by atoms with E-state index in [2.05, 4.69) is 13.8 Å². The van der Waals surface area contributed by atoms with Gasteiger partial charge < -0.3 is 18.9 Å². The van der Waals surface area contributed by atoms with Crippen LogP contribution in [0, 0.1) is 11.8 Å². The summed E-state index contributed by atoms with van der Waals surface area (Å²) in [6, 6.07) is 7.18. The van der Waals surface area contributed by atoms with Crippen molar-refractivity contribution < 1.29 is 23.7 Å². The van der Waals surface area contributed by atoms with Crippen molar-refractivity contribution in [2.24, 2.45) is 11.8 Å². The van der Waals surface area contributed by atoms with Crippen LogP contribution in [0.4, 0.5) is 4.79 Å². The molecular weight excluding hydrogens is 464 g/mol. The third kappa shape index (κ3) is 12.1. The Balaban J connectivity index is 1.20. The van der Waals surface area contributed by atoms with Crippen molar-refractivity contribution in [1.29, 1.82) is 0 Å². The minimum Gasteiger partial charge on any atom is -0.494 e. The zero-order chi connectivity index (χ0) is 26.1. The summed E-state index contributed by atoms with van der Waals surface area (Å²) in [7, 11) is 0. The number of benzene rings is 1. The number of hydrogen-bond acceptors (Lipinski definition) is 5. The Bertz CT molecular complexity index is 725. The Kier molecular flexibility index (Phi) is 14.3. The maximum absolute atomic E-state index is 12.2. The van der Waals surface area contributed by atoms with Crippen LogP contribution in [0.2, 0.25) is 0 Å². The molecular formula is C32H52O5. The highest BCUT2D eigenvalue weighted by atomic mass is 16.8. The SMILES string of the molecule is CCCCCCCCCCCCOc1ccc(OC(=O)O[C@H]2O[C@H]2C2CCC(CCCCC)CC2)cc1. The van der Waals surface area contributed by atoms with Gasteiger partial charge in [-0.3, -0.25) is 0 Å². The fourth-order valence-electron chi connectivity index (χ4n) is 5.62. The third-order valence-corrected chi connectivity index (χ3v) is 8.06. The molecule has 0 radical (unpaired) electrons. The lowest BCUT2D eigenvalue weighted by atomic mass is 9.78. The fourth-order valence-corrected chi connectivity index (χ4v) is 5.62. The molecule has 1 heterocycles. The third-order valence-electron chi connectivity index (χ3n) is 8.06. The van der Waals surface area contributed by atoms with Crippen LogP contribution >= 0.6 is 0 Å². The van der Waals surface area contributed by atoms with Crippen molar-refractivity contribution >= 4 is 6.16 Å². The summed E-state index contributed by atoms with van der Waals surface area (Å²) >= 11 is 0.